The van der Waals surface area contributed by atoms with Crippen molar-refractivity contribution in [2.24, 2.45) is 5.92 Å². The highest BCUT2D eigenvalue weighted by atomic mass is 32.2. The van der Waals surface area contributed by atoms with E-state index in [2.05, 4.69) is 5.32 Å². The third-order valence-electron chi connectivity index (χ3n) is 3.00. The lowest BCUT2D eigenvalue weighted by Gasteiger charge is -2.14. The Balaban J connectivity index is 2.49. The molecule has 0 saturated carbocycles. The van der Waals surface area contributed by atoms with Gasteiger partial charge in [-0.1, -0.05) is 13.8 Å². The van der Waals surface area contributed by atoms with E-state index in [0.717, 1.165) is 17.1 Å². The van der Waals surface area contributed by atoms with Gasteiger partial charge < -0.3 is 15.2 Å². The molecule has 0 radical (unpaired) electrons. The monoisotopic (exact) mass is 339 g/mol. The van der Waals surface area contributed by atoms with Crippen molar-refractivity contribution in [3.63, 3.8) is 0 Å². The van der Waals surface area contributed by atoms with Gasteiger partial charge in [-0.15, -0.1) is 11.8 Å². The summed E-state index contributed by atoms with van der Waals surface area (Å²) in [5.41, 5.74) is 0.417. The average molecular weight is 339 g/mol. The number of benzene rings is 1. The summed E-state index contributed by atoms with van der Waals surface area (Å²) in [5, 5.41) is 11.5. The number of carbonyl (C=O) groups is 2. The Labute approximate surface area is 141 Å². The minimum atomic E-state index is -0.820. The molecule has 1 aromatic carbocycles. The molecule has 2 N–H and O–H groups in total. The number of thioether (sulfide) groups is 1. The van der Waals surface area contributed by atoms with E-state index in [-0.39, 0.29) is 12.5 Å². The van der Waals surface area contributed by atoms with Crippen molar-refractivity contribution in [1.82, 2.24) is 5.32 Å². The fourth-order valence-corrected chi connectivity index (χ4v) is 2.51. The van der Waals surface area contributed by atoms with Crippen LogP contribution in [0.25, 0.3) is 0 Å². The number of rotatable bonds is 9. The SMILES string of the molecule is CC(C)CNC(=O)[C@@H](C)OC(=O)c1ccc(SCCCO)cc1. The Hall–Kier alpha value is -1.53. The maximum atomic E-state index is 12.0. The number of aliphatic hydroxyl groups is 1. The molecule has 1 aromatic rings. The zero-order valence-electron chi connectivity index (χ0n) is 13.9. The first-order valence-corrected chi connectivity index (χ1v) is 8.75. The fraction of sp³-hybridized carbons (Fsp3) is 0.529. The standard InChI is InChI=1S/C17H25NO4S/c1-12(2)11-18-16(20)13(3)22-17(21)14-5-7-15(8-6-14)23-10-4-9-19/h5-8,12-13,19H,4,9-11H2,1-3H3,(H,18,20)/t13-/m1/s1. The van der Waals surface area contributed by atoms with E-state index in [1.54, 1.807) is 30.8 Å². The lowest BCUT2D eigenvalue weighted by atomic mass is 10.2. The minimum absolute atomic E-state index is 0.175. The van der Waals surface area contributed by atoms with Crippen LogP contribution in [0.15, 0.2) is 29.2 Å². The third kappa shape index (κ3) is 7.52. The van der Waals surface area contributed by atoms with Gasteiger partial charge >= 0.3 is 5.97 Å². The smallest absolute Gasteiger partial charge is 0.338 e. The Morgan fingerprint density at radius 2 is 1.87 bits per heavy atom. The number of ether oxygens (including phenoxy) is 1. The van der Waals surface area contributed by atoms with Crippen molar-refractivity contribution in [3.8, 4) is 0 Å². The van der Waals surface area contributed by atoms with Crippen LogP contribution in [0.4, 0.5) is 0 Å². The summed E-state index contributed by atoms with van der Waals surface area (Å²) >= 11 is 1.62. The molecule has 1 atom stereocenters. The number of esters is 1. The maximum absolute atomic E-state index is 12.0. The molecule has 0 aliphatic rings. The lowest BCUT2D eigenvalue weighted by Crippen LogP contribution is -2.37. The Morgan fingerprint density at radius 1 is 1.22 bits per heavy atom. The van der Waals surface area contributed by atoms with Crippen molar-refractivity contribution < 1.29 is 19.4 Å². The third-order valence-corrected chi connectivity index (χ3v) is 4.10. The van der Waals surface area contributed by atoms with Crippen LogP contribution in [0, 0.1) is 5.92 Å². The van der Waals surface area contributed by atoms with Crippen LogP contribution in [0.5, 0.6) is 0 Å². The van der Waals surface area contributed by atoms with Crippen LogP contribution in [-0.4, -0.2) is 42.0 Å². The Morgan fingerprint density at radius 3 is 2.43 bits per heavy atom. The quantitative estimate of drug-likeness (QED) is 0.411. The summed E-state index contributed by atoms with van der Waals surface area (Å²) in [4.78, 5) is 24.9. The molecule has 0 spiro atoms. The predicted octanol–water partition coefficient (Wildman–Crippen LogP) is 2.48. The number of amides is 1. The van der Waals surface area contributed by atoms with E-state index < -0.39 is 12.1 Å². The molecule has 0 aliphatic carbocycles. The molecule has 0 bridgehead atoms. The molecular weight excluding hydrogens is 314 g/mol. The molecule has 1 rings (SSSR count). The molecule has 128 valence electrons. The topological polar surface area (TPSA) is 75.6 Å². The molecule has 1 amide bonds. The van der Waals surface area contributed by atoms with Crippen LogP contribution in [0.1, 0.15) is 37.6 Å². The second kappa shape index (κ2) is 10.3. The van der Waals surface area contributed by atoms with E-state index >= 15 is 0 Å². The Bertz CT molecular complexity index is 502. The summed E-state index contributed by atoms with van der Waals surface area (Å²) in [6.45, 7) is 6.29. The van der Waals surface area contributed by atoms with Crippen LogP contribution < -0.4 is 5.32 Å². The fourth-order valence-electron chi connectivity index (χ4n) is 1.67. The first-order valence-electron chi connectivity index (χ1n) is 7.76. The number of carbonyl (C=O) groups excluding carboxylic acids is 2. The first kappa shape index (κ1) is 19.5. The second-order valence-electron chi connectivity index (χ2n) is 5.64. The molecule has 0 heterocycles. The number of hydrogen-bond donors (Lipinski definition) is 2. The molecule has 0 fully saturated rings. The summed E-state index contributed by atoms with van der Waals surface area (Å²) < 4.78 is 5.18. The maximum Gasteiger partial charge on any atom is 0.338 e. The van der Waals surface area contributed by atoms with Gasteiger partial charge in [0.05, 0.1) is 5.56 Å². The van der Waals surface area contributed by atoms with Crippen molar-refractivity contribution in [3.05, 3.63) is 29.8 Å². The normalized spacial score (nSPS) is 12.0. The van der Waals surface area contributed by atoms with Gasteiger partial charge in [0.2, 0.25) is 0 Å². The van der Waals surface area contributed by atoms with Gasteiger partial charge in [0.15, 0.2) is 6.10 Å². The van der Waals surface area contributed by atoms with E-state index in [1.165, 1.54) is 0 Å². The predicted molar refractivity (Wildman–Crippen MR) is 91.6 cm³/mol. The van der Waals surface area contributed by atoms with Gasteiger partial charge in [-0.25, -0.2) is 4.79 Å². The minimum Gasteiger partial charge on any atom is -0.449 e. The highest BCUT2D eigenvalue weighted by Gasteiger charge is 2.18. The zero-order chi connectivity index (χ0) is 17.2. The number of aliphatic hydroxyl groups excluding tert-OH is 1. The first-order chi connectivity index (χ1) is 10.9. The van der Waals surface area contributed by atoms with Crippen LogP contribution in [-0.2, 0) is 9.53 Å². The molecule has 0 aromatic heterocycles. The van der Waals surface area contributed by atoms with Gasteiger partial charge in [0.25, 0.3) is 5.91 Å². The van der Waals surface area contributed by atoms with E-state index in [0.29, 0.717) is 18.0 Å². The molecule has 5 nitrogen and oxygen atoms in total. The van der Waals surface area contributed by atoms with Crippen molar-refractivity contribution in [2.75, 3.05) is 18.9 Å². The van der Waals surface area contributed by atoms with Crippen LogP contribution >= 0.6 is 11.8 Å². The molecule has 0 unspecified atom stereocenters. The van der Waals surface area contributed by atoms with Gasteiger partial charge in [-0.2, -0.15) is 0 Å². The molecule has 0 saturated heterocycles. The molecule has 6 heteroatoms. The zero-order valence-corrected chi connectivity index (χ0v) is 14.7. The largest absolute Gasteiger partial charge is 0.449 e. The molecule has 23 heavy (non-hydrogen) atoms. The summed E-state index contributed by atoms with van der Waals surface area (Å²) in [5.74, 6) is 0.373. The van der Waals surface area contributed by atoms with Crippen molar-refractivity contribution in [1.29, 1.82) is 0 Å². The highest BCUT2D eigenvalue weighted by Crippen LogP contribution is 2.19. The summed E-state index contributed by atoms with van der Waals surface area (Å²) in [6, 6.07) is 7.04. The highest BCUT2D eigenvalue weighted by molar-refractivity contribution is 7.99. The summed E-state index contributed by atoms with van der Waals surface area (Å²) in [7, 11) is 0. The van der Waals surface area contributed by atoms with Gasteiger partial charge in [-0.3, -0.25) is 4.79 Å². The summed E-state index contributed by atoms with van der Waals surface area (Å²) in [6.07, 6.45) is -0.0860. The average Bonchev–Trinajstić information content (AvgIpc) is 2.53. The van der Waals surface area contributed by atoms with E-state index in [9.17, 15) is 9.59 Å². The molecular formula is C17H25NO4S. The molecule has 0 aliphatic heterocycles. The van der Waals surface area contributed by atoms with Crippen LogP contribution in [0.3, 0.4) is 0 Å². The van der Waals surface area contributed by atoms with Crippen LogP contribution in [0.2, 0.25) is 0 Å². The van der Waals surface area contributed by atoms with E-state index in [4.69, 9.17) is 9.84 Å². The lowest BCUT2D eigenvalue weighted by molar-refractivity contribution is -0.129. The second-order valence-corrected chi connectivity index (χ2v) is 6.80. The van der Waals surface area contributed by atoms with Gasteiger partial charge in [-0.05, 0) is 43.5 Å². The van der Waals surface area contributed by atoms with Crippen molar-refractivity contribution >= 4 is 23.6 Å². The van der Waals surface area contributed by atoms with Gasteiger partial charge in [0.1, 0.15) is 0 Å². The van der Waals surface area contributed by atoms with Crippen molar-refractivity contribution in [2.45, 2.75) is 38.2 Å². The number of hydrogen-bond acceptors (Lipinski definition) is 5. The Kier molecular flexibility index (Phi) is 8.73. The number of nitrogens with one attached hydrogen (secondary N) is 1. The van der Waals surface area contributed by atoms with Gasteiger partial charge in [0, 0.05) is 23.8 Å². The van der Waals surface area contributed by atoms with E-state index in [1.807, 2.05) is 26.0 Å².